The molecule has 118 valence electrons. The van der Waals surface area contributed by atoms with E-state index >= 15 is 0 Å². The maximum atomic E-state index is 12.5. The van der Waals surface area contributed by atoms with E-state index in [4.69, 9.17) is 4.74 Å². The molecule has 0 aliphatic carbocycles. The zero-order chi connectivity index (χ0) is 16.2. The second-order valence-electron chi connectivity index (χ2n) is 4.67. The van der Waals surface area contributed by atoms with E-state index in [0.717, 1.165) is 10.5 Å². The molecule has 0 spiro atoms. The van der Waals surface area contributed by atoms with Crippen LogP contribution in [0.4, 0.5) is 5.69 Å². The Morgan fingerprint density at radius 1 is 1.18 bits per heavy atom. The molecule has 6 heteroatoms. The minimum atomic E-state index is -3.62. The average molecular weight is 337 g/mol. The lowest BCUT2D eigenvalue weighted by molar-refractivity contribution is 0.337. The first-order valence-corrected chi connectivity index (χ1v) is 9.58. The Hall–Kier alpha value is -1.66. The molecule has 0 aromatic heterocycles. The molecular formula is C16H19NO3S2. The van der Waals surface area contributed by atoms with Crippen LogP contribution >= 0.6 is 11.8 Å². The number of aryl methyl sites for hydroxylation is 1. The summed E-state index contributed by atoms with van der Waals surface area (Å²) in [6.45, 7) is 4.27. The van der Waals surface area contributed by atoms with Crippen molar-refractivity contribution in [1.82, 2.24) is 0 Å². The van der Waals surface area contributed by atoms with Gasteiger partial charge in [-0.3, -0.25) is 4.72 Å². The van der Waals surface area contributed by atoms with E-state index in [1.54, 1.807) is 30.3 Å². The summed E-state index contributed by atoms with van der Waals surface area (Å²) in [6.07, 6.45) is 1.91. The Morgan fingerprint density at radius 2 is 1.91 bits per heavy atom. The Bertz CT molecular complexity index is 758. The third-order valence-electron chi connectivity index (χ3n) is 3.11. The number of sulfonamides is 1. The van der Waals surface area contributed by atoms with Crippen molar-refractivity contribution in [2.75, 3.05) is 17.6 Å². The summed E-state index contributed by atoms with van der Waals surface area (Å²) in [5.74, 6) is 0.700. The molecule has 1 N–H and O–H groups in total. The molecule has 0 atom stereocenters. The third-order valence-corrected chi connectivity index (χ3v) is 5.27. The van der Waals surface area contributed by atoms with Gasteiger partial charge in [0, 0.05) is 4.90 Å². The molecule has 2 aromatic rings. The largest absolute Gasteiger partial charge is 0.494 e. The Morgan fingerprint density at radius 3 is 2.55 bits per heavy atom. The number of anilines is 1. The Labute approximate surface area is 135 Å². The van der Waals surface area contributed by atoms with E-state index in [0.29, 0.717) is 18.0 Å². The predicted octanol–water partition coefficient (Wildman–Crippen LogP) is 3.92. The molecule has 4 nitrogen and oxygen atoms in total. The van der Waals surface area contributed by atoms with Crippen molar-refractivity contribution >= 4 is 27.5 Å². The molecule has 0 unspecified atom stereocenters. The number of para-hydroxylation sites is 1. The lowest BCUT2D eigenvalue weighted by Gasteiger charge is -2.13. The van der Waals surface area contributed by atoms with Crippen molar-refractivity contribution in [2.24, 2.45) is 0 Å². The minimum Gasteiger partial charge on any atom is -0.494 e. The molecule has 0 fully saturated rings. The van der Waals surface area contributed by atoms with Gasteiger partial charge in [-0.2, -0.15) is 0 Å². The van der Waals surface area contributed by atoms with Crippen molar-refractivity contribution in [3.63, 3.8) is 0 Å². The zero-order valence-corrected chi connectivity index (χ0v) is 14.4. The van der Waals surface area contributed by atoms with Crippen molar-refractivity contribution in [2.45, 2.75) is 23.6 Å². The maximum Gasteiger partial charge on any atom is 0.261 e. The van der Waals surface area contributed by atoms with Gasteiger partial charge in [0.1, 0.15) is 5.75 Å². The van der Waals surface area contributed by atoms with E-state index in [9.17, 15) is 8.42 Å². The molecule has 22 heavy (non-hydrogen) atoms. The summed E-state index contributed by atoms with van der Waals surface area (Å²) in [6, 6.07) is 12.2. The molecule has 2 aromatic carbocycles. The van der Waals surface area contributed by atoms with E-state index < -0.39 is 10.0 Å². The topological polar surface area (TPSA) is 55.4 Å². The van der Waals surface area contributed by atoms with Crippen molar-refractivity contribution in [3.8, 4) is 5.75 Å². The van der Waals surface area contributed by atoms with Gasteiger partial charge in [0.25, 0.3) is 10.0 Å². The van der Waals surface area contributed by atoms with Gasteiger partial charge >= 0.3 is 0 Å². The number of thioether (sulfide) groups is 1. The molecule has 0 bridgehead atoms. The summed E-state index contributed by atoms with van der Waals surface area (Å²) in [5, 5.41) is 0. The van der Waals surface area contributed by atoms with Gasteiger partial charge in [-0.1, -0.05) is 12.1 Å². The van der Waals surface area contributed by atoms with Crippen molar-refractivity contribution in [1.29, 1.82) is 0 Å². The van der Waals surface area contributed by atoms with Gasteiger partial charge in [0.2, 0.25) is 0 Å². The van der Waals surface area contributed by atoms with Crippen LogP contribution in [0.3, 0.4) is 0 Å². The SMILES string of the molecule is CCOc1ccc(S(=O)(=O)Nc2ccccc2SC)cc1C. The van der Waals surface area contributed by atoms with E-state index in [1.165, 1.54) is 11.8 Å². The van der Waals surface area contributed by atoms with Gasteiger partial charge in [-0.15, -0.1) is 11.8 Å². The van der Waals surface area contributed by atoms with Gasteiger partial charge < -0.3 is 4.74 Å². The Balaban J connectivity index is 2.32. The fraction of sp³-hybridized carbons (Fsp3) is 0.250. The predicted molar refractivity (Wildman–Crippen MR) is 91.4 cm³/mol. The summed E-state index contributed by atoms with van der Waals surface area (Å²) in [7, 11) is -3.62. The van der Waals surface area contributed by atoms with Crippen LogP contribution in [0.25, 0.3) is 0 Å². The number of rotatable bonds is 6. The van der Waals surface area contributed by atoms with Crippen LogP contribution in [-0.2, 0) is 10.0 Å². The average Bonchev–Trinajstić information content (AvgIpc) is 2.49. The first kappa shape index (κ1) is 16.7. The first-order valence-electron chi connectivity index (χ1n) is 6.87. The van der Waals surface area contributed by atoms with Gasteiger partial charge in [-0.25, -0.2) is 8.42 Å². The van der Waals surface area contributed by atoms with E-state index in [2.05, 4.69) is 4.72 Å². The lowest BCUT2D eigenvalue weighted by Crippen LogP contribution is -2.13. The smallest absolute Gasteiger partial charge is 0.261 e. The van der Waals surface area contributed by atoms with Crippen LogP contribution < -0.4 is 9.46 Å². The first-order chi connectivity index (χ1) is 10.5. The molecule has 0 saturated carbocycles. The van der Waals surface area contributed by atoms with Crippen molar-refractivity contribution < 1.29 is 13.2 Å². The number of ether oxygens (including phenoxy) is 1. The third kappa shape index (κ3) is 3.75. The lowest BCUT2D eigenvalue weighted by atomic mass is 10.2. The molecule has 2 rings (SSSR count). The summed E-state index contributed by atoms with van der Waals surface area (Å²) < 4.78 is 33.1. The summed E-state index contributed by atoms with van der Waals surface area (Å²) in [5.41, 5.74) is 1.38. The molecule has 0 radical (unpaired) electrons. The van der Waals surface area contributed by atoms with Crippen LogP contribution in [0.2, 0.25) is 0 Å². The second-order valence-corrected chi connectivity index (χ2v) is 7.20. The van der Waals surface area contributed by atoms with Crippen LogP contribution in [-0.4, -0.2) is 21.3 Å². The highest BCUT2D eigenvalue weighted by molar-refractivity contribution is 7.99. The van der Waals surface area contributed by atoms with Gasteiger partial charge in [0.05, 0.1) is 17.2 Å². The summed E-state index contributed by atoms with van der Waals surface area (Å²) in [4.78, 5) is 1.11. The highest BCUT2D eigenvalue weighted by Crippen LogP contribution is 2.28. The van der Waals surface area contributed by atoms with E-state index in [1.807, 2.05) is 32.2 Å². The summed E-state index contributed by atoms with van der Waals surface area (Å²) >= 11 is 1.50. The second kappa shape index (κ2) is 7.07. The molecular weight excluding hydrogens is 318 g/mol. The molecule has 0 aliphatic heterocycles. The standard InChI is InChI=1S/C16H19NO3S2/c1-4-20-15-10-9-13(11-12(15)2)22(18,19)17-14-7-5-6-8-16(14)21-3/h5-11,17H,4H2,1-3H3. The zero-order valence-electron chi connectivity index (χ0n) is 12.8. The fourth-order valence-electron chi connectivity index (χ4n) is 2.04. The fourth-order valence-corrected chi connectivity index (χ4v) is 3.82. The van der Waals surface area contributed by atoms with Crippen LogP contribution in [0, 0.1) is 6.92 Å². The molecule has 0 amide bonds. The molecule has 0 saturated heterocycles. The molecule has 0 heterocycles. The van der Waals surface area contributed by atoms with E-state index in [-0.39, 0.29) is 4.90 Å². The van der Waals surface area contributed by atoms with Gasteiger partial charge in [-0.05, 0) is 56.0 Å². The number of hydrogen-bond acceptors (Lipinski definition) is 4. The number of nitrogens with one attached hydrogen (secondary N) is 1. The Kier molecular flexibility index (Phi) is 5.37. The maximum absolute atomic E-state index is 12.5. The number of hydrogen-bond donors (Lipinski definition) is 1. The van der Waals surface area contributed by atoms with Crippen LogP contribution in [0.1, 0.15) is 12.5 Å². The van der Waals surface area contributed by atoms with Crippen molar-refractivity contribution in [3.05, 3.63) is 48.0 Å². The van der Waals surface area contributed by atoms with Gasteiger partial charge in [0.15, 0.2) is 0 Å². The van der Waals surface area contributed by atoms with Crippen LogP contribution in [0.15, 0.2) is 52.3 Å². The quantitative estimate of drug-likeness (QED) is 0.812. The monoisotopic (exact) mass is 337 g/mol. The molecule has 0 aliphatic rings. The number of benzene rings is 2. The minimum absolute atomic E-state index is 0.226. The highest BCUT2D eigenvalue weighted by Gasteiger charge is 2.17. The van der Waals surface area contributed by atoms with Crippen LogP contribution in [0.5, 0.6) is 5.75 Å². The normalized spacial score (nSPS) is 11.2. The highest BCUT2D eigenvalue weighted by atomic mass is 32.2.